The van der Waals surface area contributed by atoms with Crippen molar-refractivity contribution in [2.75, 3.05) is 25.0 Å². The summed E-state index contributed by atoms with van der Waals surface area (Å²) in [5.41, 5.74) is 2.31. The SMILES string of the molecule is CCNC(=NCc1nc(C(C)C)cs1)NCCCNc1ccccc1. The molecule has 6 heteroatoms. The molecule has 2 aromatic rings. The molecular weight excluding hydrogens is 330 g/mol. The van der Waals surface area contributed by atoms with Crippen molar-refractivity contribution < 1.29 is 0 Å². The van der Waals surface area contributed by atoms with Crippen molar-refractivity contribution in [1.29, 1.82) is 0 Å². The molecule has 0 unspecified atom stereocenters. The fraction of sp³-hybridized carbons (Fsp3) is 0.474. The van der Waals surface area contributed by atoms with Gasteiger partial charge in [0.15, 0.2) is 5.96 Å². The molecule has 0 amide bonds. The quantitative estimate of drug-likeness (QED) is 0.362. The highest BCUT2D eigenvalue weighted by Gasteiger charge is 2.05. The molecule has 1 aromatic carbocycles. The predicted molar refractivity (Wildman–Crippen MR) is 109 cm³/mol. The van der Waals surface area contributed by atoms with E-state index < -0.39 is 0 Å². The maximum absolute atomic E-state index is 4.63. The van der Waals surface area contributed by atoms with Gasteiger partial charge >= 0.3 is 0 Å². The number of hydrogen-bond acceptors (Lipinski definition) is 4. The highest BCUT2D eigenvalue weighted by Crippen LogP contribution is 2.18. The molecule has 0 aliphatic rings. The second kappa shape index (κ2) is 10.7. The lowest BCUT2D eigenvalue weighted by atomic mass is 10.2. The molecule has 2 rings (SSSR count). The molecule has 0 aliphatic heterocycles. The lowest BCUT2D eigenvalue weighted by Crippen LogP contribution is -2.38. The summed E-state index contributed by atoms with van der Waals surface area (Å²) in [6.07, 6.45) is 1.02. The summed E-state index contributed by atoms with van der Waals surface area (Å²) in [5, 5.41) is 13.3. The van der Waals surface area contributed by atoms with Crippen LogP contribution in [0.25, 0.3) is 0 Å². The molecular formula is C19H29N5S. The zero-order valence-corrected chi connectivity index (χ0v) is 16.2. The third-order valence-electron chi connectivity index (χ3n) is 3.63. The van der Waals surface area contributed by atoms with E-state index in [1.807, 2.05) is 18.2 Å². The Hall–Kier alpha value is -2.08. The number of aliphatic imine (C=N–C) groups is 1. The van der Waals surface area contributed by atoms with Gasteiger partial charge in [-0.05, 0) is 31.4 Å². The smallest absolute Gasteiger partial charge is 0.191 e. The largest absolute Gasteiger partial charge is 0.385 e. The molecule has 0 saturated carbocycles. The molecule has 0 radical (unpaired) electrons. The molecule has 1 aromatic heterocycles. The van der Waals surface area contributed by atoms with Crippen LogP contribution in [-0.2, 0) is 6.54 Å². The number of anilines is 1. The van der Waals surface area contributed by atoms with E-state index >= 15 is 0 Å². The van der Waals surface area contributed by atoms with Crippen molar-refractivity contribution >= 4 is 23.0 Å². The lowest BCUT2D eigenvalue weighted by molar-refractivity contribution is 0.763. The first-order chi connectivity index (χ1) is 12.2. The fourth-order valence-corrected chi connectivity index (χ4v) is 3.11. The summed E-state index contributed by atoms with van der Waals surface area (Å²) in [6.45, 7) is 9.68. The van der Waals surface area contributed by atoms with E-state index in [2.05, 4.69) is 64.2 Å². The minimum absolute atomic E-state index is 0.470. The second-order valence-electron chi connectivity index (χ2n) is 6.09. The van der Waals surface area contributed by atoms with Gasteiger partial charge in [-0.25, -0.2) is 9.98 Å². The molecule has 0 saturated heterocycles. The Morgan fingerprint density at radius 3 is 2.64 bits per heavy atom. The van der Waals surface area contributed by atoms with Crippen LogP contribution in [-0.4, -0.2) is 30.6 Å². The first-order valence-electron chi connectivity index (χ1n) is 8.94. The molecule has 0 spiro atoms. The van der Waals surface area contributed by atoms with Gasteiger partial charge in [-0.2, -0.15) is 0 Å². The van der Waals surface area contributed by atoms with Gasteiger partial charge in [0, 0.05) is 30.7 Å². The van der Waals surface area contributed by atoms with Crippen molar-refractivity contribution in [2.45, 2.75) is 39.7 Å². The van der Waals surface area contributed by atoms with Gasteiger partial charge in [0.05, 0.1) is 12.2 Å². The van der Waals surface area contributed by atoms with E-state index in [0.717, 1.165) is 48.4 Å². The van der Waals surface area contributed by atoms with Crippen LogP contribution >= 0.6 is 11.3 Å². The van der Waals surface area contributed by atoms with Crippen molar-refractivity contribution in [3.63, 3.8) is 0 Å². The van der Waals surface area contributed by atoms with Gasteiger partial charge in [-0.15, -0.1) is 11.3 Å². The van der Waals surface area contributed by atoms with E-state index in [1.54, 1.807) is 11.3 Å². The Bertz CT molecular complexity index is 636. The molecule has 0 atom stereocenters. The van der Waals surface area contributed by atoms with E-state index in [4.69, 9.17) is 0 Å². The molecule has 0 bridgehead atoms. The summed E-state index contributed by atoms with van der Waals surface area (Å²) in [6, 6.07) is 10.3. The van der Waals surface area contributed by atoms with Crippen LogP contribution in [0, 0.1) is 0 Å². The Morgan fingerprint density at radius 1 is 1.16 bits per heavy atom. The predicted octanol–water partition coefficient (Wildman–Crippen LogP) is 3.82. The third kappa shape index (κ3) is 7.13. The zero-order chi connectivity index (χ0) is 17.9. The van der Waals surface area contributed by atoms with Gasteiger partial charge in [0.1, 0.15) is 5.01 Å². The summed E-state index contributed by atoms with van der Waals surface area (Å²) >= 11 is 1.68. The Balaban J connectivity index is 1.73. The summed E-state index contributed by atoms with van der Waals surface area (Å²) < 4.78 is 0. The van der Waals surface area contributed by atoms with E-state index in [0.29, 0.717) is 12.5 Å². The first kappa shape index (κ1) is 19.2. The highest BCUT2D eigenvalue weighted by molar-refractivity contribution is 7.09. The number of rotatable bonds is 9. The van der Waals surface area contributed by atoms with Crippen LogP contribution in [0.5, 0.6) is 0 Å². The number of nitrogens with one attached hydrogen (secondary N) is 3. The zero-order valence-electron chi connectivity index (χ0n) is 15.4. The van der Waals surface area contributed by atoms with Crippen LogP contribution < -0.4 is 16.0 Å². The van der Waals surface area contributed by atoms with Crippen molar-refractivity contribution in [3.05, 3.63) is 46.4 Å². The van der Waals surface area contributed by atoms with Crippen LogP contribution in [0.2, 0.25) is 0 Å². The normalized spacial score (nSPS) is 11.6. The topological polar surface area (TPSA) is 61.3 Å². The van der Waals surface area contributed by atoms with E-state index in [9.17, 15) is 0 Å². The van der Waals surface area contributed by atoms with Crippen molar-refractivity contribution in [2.24, 2.45) is 4.99 Å². The van der Waals surface area contributed by atoms with Crippen LogP contribution in [0.4, 0.5) is 5.69 Å². The second-order valence-corrected chi connectivity index (χ2v) is 7.03. The summed E-state index contributed by atoms with van der Waals surface area (Å²) in [5.74, 6) is 1.32. The molecule has 0 fully saturated rings. The maximum atomic E-state index is 4.63. The lowest BCUT2D eigenvalue weighted by Gasteiger charge is -2.11. The number of thiazole rings is 1. The fourth-order valence-electron chi connectivity index (χ4n) is 2.24. The number of nitrogens with zero attached hydrogens (tertiary/aromatic N) is 2. The maximum Gasteiger partial charge on any atom is 0.191 e. The van der Waals surface area contributed by atoms with Gasteiger partial charge < -0.3 is 16.0 Å². The Kier molecular flexibility index (Phi) is 8.25. The van der Waals surface area contributed by atoms with Crippen molar-refractivity contribution in [1.82, 2.24) is 15.6 Å². The van der Waals surface area contributed by atoms with Gasteiger partial charge in [-0.1, -0.05) is 32.0 Å². The molecule has 0 aliphatic carbocycles. The summed E-state index contributed by atoms with van der Waals surface area (Å²) in [4.78, 5) is 9.27. The first-order valence-corrected chi connectivity index (χ1v) is 9.82. The van der Waals surface area contributed by atoms with E-state index in [-0.39, 0.29) is 0 Å². The molecule has 5 nitrogen and oxygen atoms in total. The van der Waals surface area contributed by atoms with E-state index in [1.165, 1.54) is 0 Å². The molecule has 1 heterocycles. The van der Waals surface area contributed by atoms with Crippen LogP contribution in [0.15, 0.2) is 40.7 Å². The van der Waals surface area contributed by atoms with Crippen LogP contribution in [0.3, 0.4) is 0 Å². The number of aromatic nitrogens is 1. The number of hydrogen-bond donors (Lipinski definition) is 3. The standard InChI is InChI=1S/C19H29N5S/c1-4-20-19(23-13-18-24-17(14-25-18)15(2)3)22-12-8-11-21-16-9-6-5-7-10-16/h5-7,9-10,14-15,21H,4,8,11-13H2,1-3H3,(H2,20,22,23). The van der Waals surface area contributed by atoms with Gasteiger partial charge in [0.2, 0.25) is 0 Å². The highest BCUT2D eigenvalue weighted by atomic mass is 32.1. The van der Waals surface area contributed by atoms with Gasteiger partial charge in [0.25, 0.3) is 0 Å². The van der Waals surface area contributed by atoms with Crippen LogP contribution in [0.1, 0.15) is 43.8 Å². The average Bonchev–Trinajstić information content (AvgIpc) is 3.09. The Labute approximate surface area is 155 Å². The average molecular weight is 360 g/mol. The number of para-hydroxylation sites is 1. The molecule has 25 heavy (non-hydrogen) atoms. The Morgan fingerprint density at radius 2 is 1.96 bits per heavy atom. The number of benzene rings is 1. The summed E-state index contributed by atoms with van der Waals surface area (Å²) in [7, 11) is 0. The minimum Gasteiger partial charge on any atom is -0.385 e. The third-order valence-corrected chi connectivity index (χ3v) is 4.48. The monoisotopic (exact) mass is 359 g/mol. The molecule has 136 valence electrons. The minimum atomic E-state index is 0.470. The van der Waals surface area contributed by atoms with Gasteiger partial charge in [-0.3, -0.25) is 0 Å². The van der Waals surface area contributed by atoms with Crippen molar-refractivity contribution in [3.8, 4) is 0 Å². The number of guanidine groups is 1. The molecule has 3 N–H and O–H groups in total.